The molecule has 0 saturated heterocycles. The molecule has 460 valence electrons. The number of hydrogen-bond acceptors (Lipinski definition) is 6. The monoisotopic (exact) mass is 1120 g/mol. The van der Waals surface area contributed by atoms with Gasteiger partial charge >= 0.3 is 17.9 Å². The van der Waals surface area contributed by atoms with E-state index in [1.165, 1.54) is 135 Å². The van der Waals surface area contributed by atoms with Gasteiger partial charge in [0.15, 0.2) is 6.10 Å². The Labute approximate surface area is 500 Å². The van der Waals surface area contributed by atoms with Crippen LogP contribution in [0.4, 0.5) is 0 Å². The molecule has 6 nitrogen and oxygen atoms in total. The lowest BCUT2D eigenvalue weighted by Gasteiger charge is -2.18. The molecule has 0 aromatic carbocycles. The molecule has 1 atom stereocenters. The van der Waals surface area contributed by atoms with Gasteiger partial charge in [-0.25, -0.2) is 0 Å². The van der Waals surface area contributed by atoms with E-state index >= 15 is 0 Å². The molecule has 0 N–H and O–H groups in total. The molecule has 0 amide bonds. The molecule has 0 aliphatic rings. The second-order valence-electron chi connectivity index (χ2n) is 22.0. The van der Waals surface area contributed by atoms with Gasteiger partial charge in [0, 0.05) is 19.3 Å². The normalized spacial score (nSPS) is 13.0. The van der Waals surface area contributed by atoms with Gasteiger partial charge in [-0.3, -0.25) is 14.4 Å². The highest BCUT2D eigenvalue weighted by molar-refractivity contribution is 5.71. The summed E-state index contributed by atoms with van der Waals surface area (Å²) in [5.74, 6) is -0.967. The SMILES string of the molecule is CC/C=C\C/C=C\C/C=C\C/C=C\C/C=C\CCCCCCCCCCCCCCCCCC(=O)OCC(COC(=O)CCCCCCC/C=C\CCCCCCCC)OC(=O)CCC/C=C\C/C=C\C/C=C\C/C=C\C/C=C\CC. The molecule has 0 rings (SSSR count). The zero-order chi connectivity index (χ0) is 58.5. The van der Waals surface area contributed by atoms with Crippen molar-refractivity contribution >= 4 is 17.9 Å². The van der Waals surface area contributed by atoms with Crippen molar-refractivity contribution in [2.45, 2.75) is 309 Å². The predicted octanol–water partition coefficient (Wildman–Crippen LogP) is 23.3. The van der Waals surface area contributed by atoms with E-state index in [-0.39, 0.29) is 37.5 Å². The number of allylic oxidation sites excluding steroid dienone is 22. The van der Waals surface area contributed by atoms with E-state index in [0.717, 1.165) is 122 Å². The lowest BCUT2D eigenvalue weighted by Crippen LogP contribution is -2.30. The number of rotatable bonds is 60. The number of unbranched alkanes of at least 4 members (excludes halogenated alkanes) is 27. The Bertz CT molecular complexity index is 1720. The number of carbonyl (C=O) groups is 3. The average molecular weight is 1120 g/mol. The van der Waals surface area contributed by atoms with Crippen molar-refractivity contribution in [2.75, 3.05) is 13.2 Å². The standard InChI is InChI=1S/C75H124O6/c1-4-7-10-13-16-19-22-25-28-30-31-32-33-34-35-36-37-38-39-40-41-42-43-45-47-50-53-56-59-62-65-68-74(77)80-71-72(70-79-73(76)67-64-61-58-55-52-49-46-27-24-21-18-15-12-9-6-3)81-75(78)69-66-63-60-57-54-51-48-44-29-26-23-20-17-14-11-8-5-2/h7-8,10-11,16-17,19-20,25-29,31-32,34-35,46,48,51,57,60,72H,4-6,9,12-15,18,21-24,30,33,36-45,47,49-50,52-56,58-59,61-71H2,1-3H3/b10-7-,11-8-,19-16-,20-17-,28-25-,29-26-,32-31-,35-34-,46-27-,51-48-,60-57-. The molecule has 0 radical (unpaired) electrons. The summed E-state index contributed by atoms with van der Waals surface area (Å²) in [4.78, 5) is 38.3. The molecule has 0 fully saturated rings. The third-order valence-corrected chi connectivity index (χ3v) is 14.1. The molecule has 0 spiro atoms. The van der Waals surface area contributed by atoms with Gasteiger partial charge < -0.3 is 14.2 Å². The Morgan fingerprint density at radius 1 is 0.259 bits per heavy atom. The second-order valence-corrected chi connectivity index (χ2v) is 22.0. The van der Waals surface area contributed by atoms with Gasteiger partial charge in [-0.15, -0.1) is 0 Å². The van der Waals surface area contributed by atoms with Gasteiger partial charge in [0.25, 0.3) is 0 Å². The molecule has 0 aliphatic heterocycles. The first-order valence-electron chi connectivity index (χ1n) is 33.7. The lowest BCUT2D eigenvalue weighted by molar-refractivity contribution is -0.167. The zero-order valence-corrected chi connectivity index (χ0v) is 52.8. The van der Waals surface area contributed by atoms with E-state index in [0.29, 0.717) is 19.3 Å². The highest BCUT2D eigenvalue weighted by atomic mass is 16.6. The summed E-state index contributed by atoms with van der Waals surface area (Å²) in [5.41, 5.74) is 0. The molecule has 1 unspecified atom stereocenters. The minimum absolute atomic E-state index is 0.105. The minimum atomic E-state index is -0.815. The summed E-state index contributed by atoms with van der Waals surface area (Å²) in [6, 6.07) is 0. The van der Waals surface area contributed by atoms with Crippen LogP contribution in [0, 0.1) is 0 Å². The van der Waals surface area contributed by atoms with Crippen LogP contribution in [-0.4, -0.2) is 37.2 Å². The van der Waals surface area contributed by atoms with Crippen molar-refractivity contribution in [2.24, 2.45) is 0 Å². The minimum Gasteiger partial charge on any atom is -0.462 e. The van der Waals surface area contributed by atoms with Crippen LogP contribution in [0.3, 0.4) is 0 Å². The fraction of sp³-hybridized carbons (Fsp3) is 0.667. The summed E-state index contributed by atoms with van der Waals surface area (Å²) >= 11 is 0. The third-order valence-electron chi connectivity index (χ3n) is 14.1. The first-order valence-corrected chi connectivity index (χ1v) is 33.7. The van der Waals surface area contributed by atoms with Crippen LogP contribution in [0.25, 0.3) is 0 Å². The molecule has 0 saturated carbocycles. The fourth-order valence-electron chi connectivity index (χ4n) is 9.15. The largest absolute Gasteiger partial charge is 0.462 e. The molecule has 81 heavy (non-hydrogen) atoms. The Hall–Kier alpha value is -4.45. The van der Waals surface area contributed by atoms with Crippen LogP contribution in [0.2, 0.25) is 0 Å². The van der Waals surface area contributed by atoms with Crippen molar-refractivity contribution in [1.29, 1.82) is 0 Å². The molecular formula is C75H124O6. The highest BCUT2D eigenvalue weighted by Crippen LogP contribution is 2.16. The smallest absolute Gasteiger partial charge is 0.306 e. The van der Waals surface area contributed by atoms with E-state index in [9.17, 15) is 14.4 Å². The summed E-state index contributed by atoms with van der Waals surface area (Å²) in [6.45, 7) is 6.37. The summed E-state index contributed by atoms with van der Waals surface area (Å²) < 4.78 is 16.9. The first kappa shape index (κ1) is 76.5. The Balaban J connectivity index is 4.31. The van der Waals surface area contributed by atoms with Crippen molar-refractivity contribution in [3.05, 3.63) is 134 Å². The van der Waals surface area contributed by atoms with Gasteiger partial charge in [0.2, 0.25) is 0 Å². The van der Waals surface area contributed by atoms with Crippen LogP contribution in [-0.2, 0) is 28.6 Å². The van der Waals surface area contributed by atoms with E-state index in [1.807, 2.05) is 0 Å². The van der Waals surface area contributed by atoms with E-state index < -0.39 is 6.10 Å². The Kier molecular flexibility index (Phi) is 64.3. The molecule has 0 aromatic rings. The van der Waals surface area contributed by atoms with Crippen molar-refractivity contribution in [1.82, 2.24) is 0 Å². The van der Waals surface area contributed by atoms with Crippen LogP contribution in [0.1, 0.15) is 303 Å². The molecule has 0 heterocycles. The number of carbonyl (C=O) groups excluding carboxylic acids is 3. The van der Waals surface area contributed by atoms with Crippen molar-refractivity contribution in [3.63, 3.8) is 0 Å². The van der Waals surface area contributed by atoms with Gasteiger partial charge in [-0.2, -0.15) is 0 Å². The van der Waals surface area contributed by atoms with Gasteiger partial charge in [-0.1, -0.05) is 289 Å². The predicted molar refractivity (Wildman–Crippen MR) is 353 cm³/mol. The summed E-state index contributed by atoms with van der Waals surface area (Å²) in [5, 5.41) is 0. The first-order chi connectivity index (χ1) is 40.0. The van der Waals surface area contributed by atoms with Crippen LogP contribution in [0.15, 0.2) is 134 Å². The Morgan fingerprint density at radius 3 is 0.802 bits per heavy atom. The highest BCUT2D eigenvalue weighted by Gasteiger charge is 2.19. The molecule has 6 heteroatoms. The molecular weight excluding hydrogens is 997 g/mol. The zero-order valence-electron chi connectivity index (χ0n) is 52.8. The number of hydrogen-bond donors (Lipinski definition) is 0. The molecule has 0 aromatic heterocycles. The maximum absolute atomic E-state index is 12.9. The number of esters is 3. The Morgan fingerprint density at radius 2 is 0.494 bits per heavy atom. The maximum atomic E-state index is 12.9. The van der Waals surface area contributed by atoms with Gasteiger partial charge in [0.1, 0.15) is 13.2 Å². The molecule has 0 aliphatic carbocycles. The van der Waals surface area contributed by atoms with Crippen molar-refractivity contribution in [3.8, 4) is 0 Å². The fourth-order valence-corrected chi connectivity index (χ4v) is 9.15. The van der Waals surface area contributed by atoms with E-state index in [1.54, 1.807) is 0 Å². The van der Waals surface area contributed by atoms with Gasteiger partial charge in [0.05, 0.1) is 0 Å². The van der Waals surface area contributed by atoms with Crippen LogP contribution in [0.5, 0.6) is 0 Å². The summed E-state index contributed by atoms with van der Waals surface area (Å²) in [6.07, 6.45) is 96.2. The van der Waals surface area contributed by atoms with Crippen LogP contribution < -0.4 is 0 Å². The average Bonchev–Trinajstić information content (AvgIpc) is 3.47. The lowest BCUT2D eigenvalue weighted by atomic mass is 10.0. The quantitative estimate of drug-likeness (QED) is 0.0261. The second kappa shape index (κ2) is 68.1. The van der Waals surface area contributed by atoms with E-state index in [2.05, 4.69) is 154 Å². The van der Waals surface area contributed by atoms with Crippen LogP contribution >= 0.6 is 0 Å². The summed E-state index contributed by atoms with van der Waals surface area (Å²) in [7, 11) is 0. The van der Waals surface area contributed by atoms with Crippen molar-refractivity contribution < 1.29 is 28.6 Å². The van der Waals surface area contributed by atoms with E-state index in [4.69, 9.17) is 14.2 Å². The number of ether oxygens (including phenoxy) is 3. The molecule has 0 bridgehead atoms. The third kappa shape index (κ3) is 66.2. The maximum Gasteiger partial charge on any atom is 0.306 e. The van der Waals surface area contributed by atoms with Gasteiger partial charge in [-0.05, 0) is 128 Å². The topological polar surface area (TPSA) is 78.9 Å².